The molecule has 1 amide bonds. The molecule has 2 N–H and O–H groups in total. The number of aromatic nitrogens is 3. The highest BCUT2D eigenvalue weighted by Crippen LogP contribution is 2.19. The van der Waals surface area contributed by atoms with E-state index in [-0.39, 0.29) is 12.0 Å². The molecule has 0 atom stereocenters. The molecule has 0 aliphatic carbocycles. The Hall–Kier alpha value is -2.45. The maximum absolute atomic E-state index is 13.3. The molecular weight excluding hydrogens is 268 g/mol. The molecule has 0 saturated carbocycles. The summed E-state index contributed by atoms with van der Waals surface area (Å²) in [7, 11) is 0. The minimum Gasteiger partial charge on any atom is -0.289 e. The Morgan fingerprint density at radius 1 is 1.21 bits per heavy atom. The molecule has 5 nitrogen and oxygen atoms in total. The van der Waals surface area contributed by atoms with Gasteiger partial charge in [-0.05, 0) is 13.0 Å². The molecule has 1 heterocycles. The van der Waals surface area contributed by atoms with Gasteiger partial charge in [0.05, 0.1) is 5.56 Å². The topological polar surface area (TPSA) is 70.7 Å². The van der Waals surface area contributed by atoms with Gasteiger partial charge in [-0.3, -0.25) is 15.2 Å². The summed E-state index contributed by atoms with van der Waals surface area (Å²) in [5.41, 5.74) is -0.987. The average Bonchev–Trinajstić information content (AvgIpc) is 2.76. The van der Waals surface area contributed by atoms with Crippen molar-refractivity contribution in [3.63, 3.8) is 0 Å². The van der Waals surface area contributed by atoms with Gasteiger partial charge in [0.25, 0.3) is 5.91 Å². The van der Waals surface area contributed by atoms with E-state index < -0.39 is 34.7 Å². The van der Waals surface area contributed by atoms with E-state index in [1.807, 2.05) is 5.32 Å². The summed E-state index contributed by atoms with van der Waals surface area (Å²) in [6, 6.07) is 0.253. The van der Waals surface area contributed by atoms with Crippen molar-refractivity contribution in [2.45, 2.75) is 6.92 Å². The molecule has 0 aliphatic heterocycles. The van der Waals surface area contributed by atoms with Gasteiger partial charge in [-0.1, -0.05) is 0 Å². The zero-order valence-corrected chi connectivity index (χ0v) is 9.39. The molecule has 0 fully saturated rings. The van der Waals surface area contributed by atoms with Crippen molar-refractivity contribution in [1.29, 1.82) is 0 Å². The highest BCUT2D eigenvalue weighted by molar-refractivity contribution is 6.03. The van der Waals surface area contributed by atoms with Crippen molar-refractivity contribution in [3.05, 3.63) is 40.7 Å². The van der Waals surface area contributed by atoms with E-state index >= 15 is 0 Å². The first-order chi connectivity index (χ1) is 8.90. The fourth-order valence-electron chi connectivity index (χ4n) is 1.31. The lowest BCUT2D eigenvalue weighted by Gasteiger charge is -2.04. The molecule has 2 aromatic rings. The van der Waals surface area contributed by atoms with E-state index in [2.05, 4.69) is 15.2 Å². The molecule has 2 rings (SSSR count). The number of halogens is 4. The average molecular weight is 274 g/mol. The van der Waals surface area contributed by atoms with E-state index in [1.54, 1.807) is 6.92 Å². The van der Waals surface area contributed by atoms with Crippen LogP contribution in [0.5, 0.6) is 0 Å². The lowest BCUT2D eigenvalue weighted by molar-refractivity contribution is 0.102. The normalized spacial score (nSPS) is 10.6. The first kappa shape index (κ1) is 13.0. The number of benzene rings is 1. The number of H-pyrrole nitrogens is 1. The smallest absolute Gasteiger partial charge is 0.261 e. The van der Waals surface area contributed by atoms with Crippen LogP contribution < -0.4 is 5.32 Å². The molecule has 0 aliphatic rings. The number of carbonyl (C=O) groups excluding carboxylic acids is 1. The molecular formula is C10H6F4N4O. The second-order valence-electron chi connectivity index (χ2n) is 3.55. The SMILES string of the molecule is Cc1nc(NC(=O)c2cc(F)c(F)c(F)c2F)n[nH]1. The number of anilines is 1. The van der Waals surface area contributed by atoms with Crippen molar-refractivity contribution in [3.8, 4) is 0 Å². The zero-order valence-electron chi connectivity index (χ0n) is 9.39. The van der Waals surface area contributed by atoms with Crippen molar-refractivity contribution in [1.82, 2.24) is 15.2 Å². The van der Waals surface area contributed by atoms with Gasteiger partial charge < -0.3 is 0 Å². The summed E-state index contributed by atoms with van der Waals surface area (Å²) in [6.07, 6.45) is 0. The number of rotatable bonds is 2. The summed E-state index contributed by atoms with van der Waals surface area (Å²) >= 11 is 0. The predicted octanol–water partition coefficient (Wildman–Crippen LogP) is 1.92. The number of aromatic amines is 1. The molecule has 19 heavy (non-hydrogen) atoms. The van der Waals surface area contributed by atoms with Crippen LogP contribution in [0, 0.1) is 30.2 Å². The van der Waals surface area contributed by atoms with Crippen LogP contribution in [-0.2, 0) is 0 Å². The van der Waals surface area contributed by atoms with Gasteiger partial charge in [-0.15, -0.1) is 5.10 Å². The number of hydrogen-bond acceptors (Lipinski definition) is 3. The lowest BCUT2D eigenvalue weighted by atomic mass is 10.1. The van der Waals surface area contributed by atoms with E-state index in [9.17, 15) is 22.4 Å². The monoisotopic (exact) mass is 274 g/mol. The van der Waals surface area contributed by atoms with Gasteiger partial charge in [0.15, 0.2) is 23.3 Å². The highest BCUT2D eigenvalue weighted by atomic mass is 19.2. The summed E-state index contributed by atoms with van der Waals surface area (Å²) < 4.78 is 51.9. The highest BCUT2D eigenvalue weighted by Gasteiger charge is 2.23. The van der Waals surface area contributed by atoms with Crippen molar-refractivity contribution < 1.29 is 22.4 Å². The van der Waals surface area contributed by atoms with Crippen molar-refractivity contribution in [2.75, 3.05) is 5.32 Å². The second-order valence-corrected chi connectivity index (χ2v) is 3.55. The Balaban J connectivity index is 2.34. The van der Waals surface area contributed by atoms with Crippen molar-refractivity contribution in [2.24, 2.45) is 0 Å². The second kappa shape index (κ2) is 4.67. The Kier molecular flexibility index (Phi) is 3.19. The Bertz CT molecular complexity index is 655. The van der Waals surface area contributed by atoms with Gasteiger partial charge >= 0.3 is 0 Å². The molecule has 0 unspecified atom stereocenters. The van der Waals surface area contributed by atoms with Crippen LogP contribution in [0.15, 0.2) is 6.07 Å². The molecule has 0 bridgehead atoms. The van der Waals surface area contributed by atoms with Gasteiger partial charge in [-0.25, -0.2) is 17.6 Å². The van der Waals surface area contributed by atoms with Crippen LogP contribution in [0.25, 0.3) is 0 Å². The van der Waals surface area contributed by atoms with Gasteiger partial charge in [0.2, 0.25) is 5.95 Å². The summed E-state index contributed by atoms with van der Waals surface area (Å²) in [6.45, 7) is 1.54. The van der Waals surface area contributed by atoms with E-state index in [4.69, 9.17) is 0 Å². The molecule has 1 aromatic heterocycles. The van der Waals surface area contributed by atoms with Gasteiger partial charge in [0.1, 0.15) is 5.82 Å². The van der Waals surface area contributed by atoms with Gasteiger partial charge in [-0.2, -0.15) is 4.98 Å². The molecule has 1 aromatic carbocycles. The maximum atomic E-state index is 13.3. The number of carbonyl (C=O) groups is 1. The molecule has 100 valence electrons. The quantitative estimate of drug-likeness (QED) is 0.499. The van der Waals surface area contributed by atoms with Crippen LogP contribution in [0.1, 0.15) is 16.2 Å². The third kappa shape index (κ3) is 2.39. The van der Waals surface area contributed by atoms with Crippen LogP contribution in [-0.4, -0.2) is 21.1 Å². The van der Waals surface area contributed by atoms with Crippen LogP contribution in [0.2, 0.25) is 0 Å². The minimum atomic E-state index is -2.06. The standard InChI is InChI=1S/C10H6F4N4O/c1-3-15-10(18-17-3)16-9(19)4-2-5(11)7(13)8(14)6(4)12/h2H,1H3,(H2,15,16,17,18,19). The minimum absolute atomic E-state index is 0.202. The molecule has 9 heteroatoms. The molecule has 0 spiro atoms. The number of nitrogens with zero attached hydrogens (tertiary/aromatic N) is 2. The summed E-state index contributed by atoms with van der Waals surface area (Å²) in [5, 5.41) is 7.92. The maximum Gasteiger partial charge on any atom is 0.261 e. The van der Waals surface area contributed by atoms with E-state index in [0.29, 0.717) is 5.82 Å². The third-order valence-corrected chi connectivity index (χ3v) is 2.17. The first-order valence-corrected chi connectivity index (χ1v) is 4.93. The van der Waals surface area contributed by atoms with E-state index in [0.717, 1.165) is 0 Å². The Morgan fingerprint density at radius 3 is 2.47 bits per heavy atom. The van der Waals surface area contributed by atoms with Crippen LogP contribution in [0.4, 0.5) is 23.5 Å². The lowest BCUT2D eigenvalue weighted by Crippen LogP contribution is -2.17. The fourth-order valence-corrected chi connectivity index (χ4v) is 1.31. The van der Waals surface area contributed by atoms with Gasteiger partial charge in [0, 0.05) is 0 Å². The first-order valence-electron chi connectivity index (χ1n) is 4.93. The number of amides is 1. The summed E-state index contributed by atoms with van der Waals surface area (Å²) in [5.74, 6) is -8.54. The van der Waals surface area contributed by atoms with E-state index in [1.165, 1.54) is 0 Å². The zero-order chi connectivity index (χ0) is 14.2. The van der Waals surface area contributed by atoms with Crippen LogP contribution >= 0.6 is 0 Å². The molecule has 0 saturated heterocycles. The summed E-state index contributed by atoms with van der Waals surface area (Å²) in [4.78, 5) is 15.2. The Labute approximate surface area is 103 Å². The third-order valence-electron chi connectivity index (χ3n) is 2.17. The number of hydrogen-bond donors (Lipinski definition) is 2. The molecule has 0 radical (unpaired) electrons. The predicted molar refractivity (Wildman–Crippen MR) is 55.3 cm³/mol. The number of nitrogens with one attached hydrogen (secondary N) is 2. The van der Waals surface area contributed by atoms with Crippen molar-refractivity contribution >= 4 is 11.9 Å². The fraction of sp³-hybridized carbons (Fsp3) is 0.100. The van der Waals surface area contributed by atoms with Crippen LogP contribution in [0.3, 0.4) is 0 Å². The number of aryl methyl sites for hydroxylation is 1. The Morgan fingerprint density at radius 2 is 1.89 bits per heavy atom. The largest absolute Gasteiger partial charge is 0.289 e.